The molecule has 1 N–H and O–H groups in total. The number of benzene rings is 2. The molecule has 0 spiro atoms. The van der Waals surface area contributed by atoms with Gasteiger partial charge < -0.3 is 19.5 Å². The van der Waals surface area contributed by atoms with Gasteiger partial charge in [-0.15, -0.1) is 0 Å². The molecule has 0 saturated carbocycles. The molecule has 3 aromatic heterocycles. The van der Waals surface area contributed by atoms with Gasteiger partial charge in [-0.2, -0.15) is 0 Å². The fraction of sp³-hybridized carbons (Fsp3) is 0.161. The summed E-state index contributed by atoms with van der Waals surface area (Å²) in [6, 6.07) is 13.1. The summed E-state index contributed by atoms with van der Waals surface area (Å²) < 4.78 is 31.5. The van der Waals surface area contributed by atoms with Gasteiger partial charge in [0.25, 0.3) is 11.5 Å². The van der Waals surface area contributed by atoms with Crippen molar-refractivity contribution in [1.82, 2.24) is 19.5 Å². The monoisotopic (exact) mass is 581 g/mol. The summed E-state index contributed by atoms with van der Waals surface area (Å²) in [5.74, 6) is 0.331. The molecule has 0 atom stereocenters. The number of anilines is 1. The van der Waals surface area contributed by atoms with Crippen molar-refractivity contribution < 1.29 is 28.2 Å². The maximum atomic E-state index is 13.6. The molecule has 1 amide bonds. The molecule has 3 heterocycles. The molecule has 0 radical (unpaired) electrons. The van der Waals surface area contributed by atoms with E-state index in [0.717, 1.165) is 0 Å². The molecule has 0 bridgehead atoms. The molecule has 0 saturated heterocycles. The Bertz CT molecular complexity index is 1940. The van der Waals surface area contributed by atoms with Crippen molar-refractivity contribution >= 4 is 28.4 Å². The molecule has 0 aliphatic heterocycles. The van der Waals surface area contributed by atoms with Gasteiger partial charge in [-0.3, -0.25) is 19.0 Å². The largest absolute Gasteiger partial charge is 0.493 e. The third kappa shape index (κ3) is 5.25. The highest BCUT2D eigenvalue weighted by Crippen LogP contribution is 2.35. The van der Waals surface area contributed by atoms with E-state index in [1.54, 1.807) is 18.2 Å². The van der Waals surface area contributed by atoms with Crippen LogP contribution in [0, 0.1) is 5.82 Å². The Balaban J connectivity index is 1.28. The smallest absolute Gasteiger partial charge is 0.268 e. The number of hydrogen-bond donors (Lipinski definition) is 1. The van der Waals surface area contributed by atoms with Crippen LogP contribution in [-0.2, 0) is 6.42 Å². The SMILES string of the molecule is COc1cc2ncnc(Oc3ccc(NC(=O)c4cc5c(n(-c6ccc(F)cc6)c4=O)CCCC5=O)nc3)c2cc1OC. The lowest BCUT2D eigenvalue weighted by molar-refractivity contribution is 0.0971. The number of rotatable bonds is 7. The van der Waals surface area contributed by atoms with Crippen LogP contribution in [-0.4, -0.2) is 45.4 Å². The molecule has 12 heteroatoms. The number of nitrogens with zero attached hydrogens (tertiary/aromatic N) is 4. The van der Waals surface area contributed by atoms with Crippen molar-refractivity contribution in [2.24, 2.45) is 0 Å². The number of ketones is 1. The zero-order valence-corrected chi connectivity index (χ0v) is 23.1. The molecule has 11 nitrogen and oxygen atoms in total. The van der Waals surface area contributed by atoms with Gasteiger partial charge >= 0.3 is 0 Å². The first-order valence-corrected chi connectivity index (χ1v) is 13.3. The first-order chi connectivity index (χ1) is 20.9. The van der Waals surface area contributed by atoms with Crippen LogP contribution in [0.3, 0.4) is 0 Å². The van der Waals surface area contributed by atoms with Crippen LogP contribution in [0.2, 0.25) is 0 Å². The Kier molecular flexibility index (Phi) is 7.24. The molecule has 43 heavy (non-hydrogen) atoms. The standard InChI is InChI=1S/C31H24FN5O6/c1-41-26-13-20-23(14-27(26)42-2)34-16-35-30(20)43-19-10-11-28(33-15-19)36-29(39)22-12-21-24(4-3-5-25(21)38)37(31(22)40)18-8-6-17(32)7-9-18/h6-16H,3-5H2,1-2H3,(H,33,36,39). The van der Waals surface area contributed by atoms with E-state index < -0.39 is 17.3 Å². The van der Waals surface area contributed by atoms with Crippen molar-refractivity contribution in [3.05, 3.63) is 100 Å². The predicted molar refractivity (Wildman–Crippen MR) is 154 cm³/mol. The second kappa shape index (κ2) is 11.3. The maximum Gasteiger partial charge on any atom is 0.268 e. The molecule has 0 fully saturated rings. The van der Waals surface area contributed by atoms with Crippen molar-refractivity contribution in [2.45, 2.75) is 19.3 Å². The Morgan fingerprint density at radius 2 is 1.70 bits per heavy atom. The average molecular weight is 582 g/mol. The lowest BCUT2D eigenvalue weighted by Gasteiger charge is -2.21. The maximum absolute atomic E-state index is 13.6. The van der Waals surface area contributed by atoms with Gasteiger partial charge in [0, 0.05) is 29.4 Å². The van der Waals surface area contributed by atoms with E-state index in [2.05, 4.69) is 20.3 Å². The summed E-state index contributed by atoms with van der Waals surface area (Å²) in [6.45, 7) is 0. The van der Waals surface area contributed by atoms with Crippen LogP contribution in [0.25, 0.3) is 16.6 Å². The third-order valence-corrected chi connectivity index (χ3v) is 7.05. The van der Waals surface area contributed by atoms with Gasteiger partial charge in [-0.05, 0) is 61.4 Å². The Labute approximate surface area is 243 Å². The predicted octanol–water partition coefficient (Wildman–Crippen LogP) is 4.90. The van der Waals surface area contributed by atoms with Crippen LogP contribution in [0.4, 0.5) is 10.2 Å². The minimum Gasteiger partial charge on any atom is -0.493 e. The van der Waals surface area contributed by atoms with Crippen molar-refractivity contribution in [1.29, 1.82) is 0 Å². The summed E-state index contributed by atoms with van der Waals surface area (Å²) in [5, 5.41) is 3.19. The van der Waals surface area contributed by atoms with E-state index in [0.29, 0.717) is 64.4 Å². The number of methoxy groups -OCH3 is 2. The van der Waals surface area contributed by atoms with E-state index in [1.165, 1.54) is 67.7 Å². The molecule has 0 unspecified atom stereocenters. The number of fused-ring (bicyclic) bond motifs is 2. The molecule has 1 aliphatic rings. The van der Waals surface area contributed by atoms with Gasteiger partial charge in [0.05, 0.1) is 31.3 Å². The highest BCUT2D eigenvalue weighted by molar-refractivity contribution is 6.06. The fourth-order valence-corrected chi connectivity index (χ4v) is 4.97. The number of amides is 1. The summed E-state index contributed by atoms with van der Waals surface area (Å²) in [7, 11) is 3.05. The minimum atomic E-state index is -0.744. The van der Waals surface area contributed by atoms with Crippen LogP contribution < -0.4 is 25.1 Å². The zero-order chi connectivity index (χ0) is 30.1. The minimum absolute atomic E-state index is 0.146. The second-order valence-corrected chi connectivity index (χ2v) is 9.65. The Morgan fingerprint density at radius 1 is 0.930 bits per heavy atom. The van der Waals surface area contributed by atoms with Crippen LogP contribution in [0.15, 0.2) is 71.9 Å². The number of carbonyl (C=O) groups is 2. The highest BCUT2D eigenvalue weighted by atomic mass is 19.1. The average Bonchev–Trinajstić information content (AvgIpc) is 3.02. The number of pyridine rings is 2. The molecule has 5 aromatic rings. The van der Waals surface area contributed by atoms with Gasteiger partial charge in [0.2, 0.25) is 5.88 Å². The summed E-state index contributed by atoms with van der Waals surface area (Å²) in [4.78, 5) is 52.3. The van der Waals surface area contributed by atoms with E-state index in [4.69, 9.17) is 14.2 Å². The van der Waals surface area contributed by atoms with Gasteiger partial charge in [-0.25, -0.2) is 19.3 Å². The Morgan fingerprint density at radius 3 is 2.42 bits per heavy atom. The summed E-state index contributed by atoms with van der Waals surface area (Å²) in [6.07, 6.45) is 4.09. The third-order valence-electron chi connectivity index (χ3n) is 7.05. The molecule has 6 rings (SSSR count). The summed E-state index contributed by atoms with van der Waals surface area (Å²) >= 11 is 0. The van der Waals surface area contributed by atoms with Crippen LogP contribution in [0.5, 0.6) is 23.1 Å². The number of carbonyl (C=O) groups excluding carboxylic acids is 2. The topological polar surface area (TPSA) is 135 Å². The highest BCUT2D eigenvalue weighted by Gasteiger charge is 2.26. The number of hydrogen-bond acceptors (Lipinski definition) is 9. The second-order valence-electron chi connectivity index (χ2n) is 9.65. The fourth-order valence-electron chi connectivity index (χ4n) is 4.97. The molecule has 216 valence electrons. The van der Waals surface area contributed by atoms with Gasteiger partial charge in [-0.1, -0.05) is 0 Å². The quantitative estimate of drug-likeness (QED) is 0.285. The lowest BCUT2D eigenvalue weighted by Crippen LogP contribution is -2.33. The van der Waals surface area contributed by atoms with E-state index in [-0.39, 0.29) is 23.0 Å². The molecular weight excluding hydrogens is 557 g/mol. The van der Waals surface area contributed by atoms with Crippen LogP contribution >= 0.6 is 0 Å². The van der Waals surface area contributed by atoms with Gasteiger partial charge in [0.1, 0.15) is 29.3 Å². The van der Waals surface area contributed by atoms with Crippen molar-refractivity contribution in [3.63, 3.8) is 0 Å². The van der Waals surface area contributed by atoms with E-state index in [9.17, 15) is 18.8 Å². The van der Waals surface area contributed by atoms with E-state index >= 15 is 0 Å². The normalized spacial score (nSPS) is 12.5. The number of ether oxygens (including phenoxy) is 3. The molecule has 1 aliphatic carbocycles. The lowest BCUT2D eigenvalue weighted by atomic mass is 9.92. The first-order valence-electron chi connectivity index (χ1n) is 13.3. The van der Waals surface area contributed by atoms with Gasteiger partial charge in [0.15, 0.2) is 17.3 Å². The van der Waals surface area contributed by atoms with Crippen molar-refractivity contribution in [2.75, 3.05) is 19.5 Å². The van der Waals surface area contributed by atoms with Crippen molar-refractivity contribution in [3.8, 4) is 28.8 Å². The number of Topliss-reactive ketones (excluding diaryl/α,β-unsaturated/α-hetero) is 1. The molecule has 2 aromatic carbocycles. The molecular formula is C31H24FN5O6. The number of aromatic nitrogens is 4. The van der Waals surface area contributed by atoms with E-state index in [1.807, 2.05) is 0 Å². The summed E-state index contributed by atoms with van der Waals surface area (Å²) in [5.41, 5.74) is 0.868. The number of nitrogens with one attached hydrogen (secondary N) is 1. The Hall–Kier alpha value is -5.65. The number of halogens is 1. The van der Waals surface area contributed by atoms with Crippen LogP contribution in [0.1, 0.15) is 39.3 Å². The first kappa shape index (κ1) is 27.5. The zero-order valence-electron chi connectivity index (χ0n) is 23.1.